The number of rotatable bonds is 3. The van der Waals surface area contributed by atoms with Crippen molar-refractivity contribution in [3.05, 3.63) is 29.3 Å². The van der Waals surface area contributed by atoms with Gasteiger partial charge in [-0.2, -0.15) is 0 Å². The van der Waals surface area contributed by atoms with Crippen molar-refractivity contribution in [3.8, 4) is 0 Å². The molecule has 0 radical (unpaired) electrons. The fraction of sp³-hybridized carbons (Fsp3) is 0.273. The minimum atomic E-state index is -3.99. The first-order valence-electron chi connectivity index (χ1n) is 4.95. The number of ketones is 1. The number of hydrogen-bond donors (Lipinski definition) is 0. The highest BCUT2D eigenvalue weighted by Crippen LogP contribution is 2.20. The van der Waals surface area contributed by atoms with Crippen LogP contribution < -0.4 is 0 Å². The normalized spacial score (nSPS) is 11.1. The van der Waals surface area contributed by atoms with E-state index in [0.717, 1.165) is 12.1 Å². The summed E-state index contributed by atoms with van der Waals surface area (Å²) >= 11 is 0. The van der Waals surface area contributed by atoms with E-state index >= 15 is 0 Å². The van der Waals surface area contributed by atoms with Crippen LogP contribution in [-0.2, 0) is 9.05 Å². The van der Waals surface area contributed by atoms with E-state index < -0.39 is 15.0 Å². The molecule has 0 aromatic heterocycles. The van der Waals surface area contributed by atoms with Gasteiger partial charge in [0.05, 0.1) is 4.90 Å². The van der Waals surface area contributed by atoms with Crippen LogP contribution in [0, 0.1) is 0 Å². The lowest BCUT2D eigenvalue weighted by Gasteiger charge is -2.11. The van der Waals surface area contributed by atoms with Crippen LogP contribution >= 0.6 is 10.7 Å². The van der Waals surface area contributed by atoms with E-state index in [4.69, 9.17) is 10.7 Å². The number of halogens is 1. The van der Waals surface area contributed by atoms with Crippen molar-refractivity contribution in [1.82, 2.24) is 4.90 Å². The average Bonchev–Trinajstić information content (AvgIpc) is 2.26. The third kappa shape index (κ3) is 3.30. The van der Waals surface area contributed by atoms with Crippen LogP contribution in [0.5, 0.6) is 0 Å². The molecule has 98 valence electrons. The van der Waals surface area contributed by atoms with Crippen molar-refractivity contribution in [2.75, 3.05) is 14.1 Å². The van der Waals surface area contributed by atoms with Crippen molar-refractivity contribution in [3.63, 3.8) is 0 Å². The Morgan fingerprint density at radius 2 is 1.61 bits per heavy atom. The molecule has 0 fully saturated rings. The van der Waals surface area contributed by atoms with Gasteiger partial charge in [0.2, 0.25) is 0 Å². The Labute approximate surface area is 110 Å². The van der Waals surface area contributed by atoms with Crippen LogP contribution in [0.1, 0.15) is 27.6 Å². The van der Waals surface area contributed by atoms with Gasteiger partial charge in [0.1, 0.15) is 0 Å². The summed E-state index contributed by atoms with van der Waals surface area (Å²) in [6.07, 6.45) is 0. The third-order valence-electron chi connectivity index (χ3n) is 2.25. The Morgan fingerprint density at radius 1 is 1.11 bits per heavy atom. The predicted octanol–water partition coefficient (Wildman–Crippen LogP) is 1.52. The third-order valence-corrected chi connectivity index (χ3v) is 3.58. The summed E-state index contributed by atoms with van der Waals surface area (Å²) in [6, 6.07) is 3.64. The summed E-state index contributed by atoms with van der Waals surface area (Å²) in [5.74, 6) is -0.746. The molecular weight excluding hydrogens is 278 g/mol. The van der Waals surface area contributed by atoms with Crippen molar-refractivity contribution in [2.24, 2.45) is 0 Å². The zero-order valence-corrected chi connectivity index (χ0v) is 11.7. The van der Waals surface area contributed by atoms with Crippen molar-refractivity contribution < 1.29 is 18.0 Å². The smallest absolute Gasteiger partial charge is 0.261 e. The lowest BCUT2D eigenvalue weighted by atomic mass is 10.1. The van der Waals surface area contributed by atoms with Crippen LogP contribution in [0.2, 0.25) is 0 Å². The van der Waals surface area contributed by atoms with Crippen LogP contribution in [0.25, 0.3) is 0 Å². The maximum absolute atomic E-state index is 11.8. The second-order valence-corrected chi connectivity index (χ2v) is 6.51. The predicted molar refractivity (Wildman–Crippen MR) is 67.5 cm³/mol. The Bertz CT molecular complexity index is 607. The molecule has 1 aromatic rings. The lowest BCUT2D eigenvalue weighted by molar-refractivity contribution is 0.0827. The quantitative estimate of drug-likeness (QED) is 0.625. The maximum atomic E-state index is 11.8. The molecule has 0 saturated heterocycles. The Morgan fingerprint density at radius 3 is 2.00 bits per heavy atom. The van der Waals surface area contributed by atoms with E-state index in [1.807, 2.05) is 0 Å². The molecular formula is C11H12ClNO4S. The number of amides is 1. The zero-order valence-electron chi connectivity index (χ0n) is 10.1. The van der Waals surface area contributed by atoms with Crippen LogP contribution in [0.4, 0.5) is 0 Å². The van der Waals surface area contributed by atoms with E-state index in [-0.39, 0.29) is 21.8 Å². The average molecular weight is 290 g/mol. The van der Waals surface area contributed by atoms with E-state index in [1.54, 1.807) is 0 Å². The van der Waals surface area contributed by atoms with Gasteiger partial charge in [0.15, 0.2) is 5.78 Å². The molecule has 0 N–H and O–H groups in total. The number of Topliss-reactive ketones (excluding diaryl/α,β-unsaturated/α-hetero) is 1. The highest BCUT2D eigenvalue weighted by Gasteiger charge is 2.18. The zero-order chi connectivity index (χ0) is 14.1. The maximum Gasteiger partial charge on any atom is 0.261 e. The highest BCUT2D eigenvalue weighted by molar-refractivity contribution is 8.13. The monoisotopic (exact) mass is 289 g/mol. The summed E-state index contributed by atoms with van der Waals surface area (Å²) in [5, 5.41) is 0. The molecule has 0 bridgehead atoms. The summed E-state index contributed by atoms with van der Waals surface area (Å²) in [4.78, 5) is 24.1. The first-order chi connectivity index (χ1) is 8.12. The second-order valence-electron chi connectivity index (χ2n) is 3.94. The molecule has 0 aliphatic carbocycles. The van der Waals surface area contributed by atoms with Gasteiger partial charge >= 0.3 is 0 Å². The number of benzene rings is 1. The SMILES string of the molecule is CC(=O)c1cc(C(=O)N(C)C)cc(S(=O)(=O)Cl)c1. The van der Waals surface area contributed by atoms with Crippen LogP contribution in [0.15, 0.2) is 23.1 Å². The Hall–Kier alpha value is -1.40. The van der Waals surface area contributed by atoms with E-state index in [0.29, 0.717) is 0 Å². The fourth-order valence-corrected chi connectivity index (χ4v) is 2.13. The first-order valence-corrected chi connectivity index (χ1v) is 7.26. The number of carbonyl (C=O) groups is 2. The lowest BCUT2D eigenvalue weighted by Crippen LogP contribution is -2.22. The van der Waals surface area contributed by atoms with Gasteiger partial charge < -0.3 is 4.90 Å². The molecule has 1 rings (SSSR count). The molecule has 0 atom stereocenters. The molecule has 0 spiro atoms. The molecule has 1 amide bonds. The summed E-state index contributed by atoms with van der Waals surface area (Å²) in [7, 11) is 4.29. The topological polar surface area (TPSA) is 71.5 Å². The fourth-order valence-electron chi connectivity index (χ4n) is 1.32. The molecule has 5 nitrogen and oxygen atoms in total. The largest absolute Gasteiger partial charge is 0.345 e. The van der Waals surface area contributed by atoms with Gasteiger partial charge in [-0.05, 0) is 25.1 Å². The van der Waals surface area contributed by atoms with Crippen LogP contribution in [0.3, 0.4) is 0 Å². The van der Waals surface area contributed by atoms with Crippen LogP contribution in [-0.4, -0.2) is 39.1 Å². The van der Waals surface area contributed by atoms with E-state index in [9.17, 15) is 18.0 Å². The molecule has 0 aliphatic rings. The minimum Gasteiger partial charge on any atom is -0.345 e. The molecule has 18 heavy (non-hydrogen) atoms. The van der Waals surface area contributed by atoms with Gasteiger partial charge in [-0.25, -0.2) is 8.42 Å². The van der Waals surface area contributed by atoms with Crippen molar-refractivity contribution in [2.45, 2.75) is 11.8 Å². The number of nitrogens with zero attached hydrogens (tertiary/aromatic N) is 1. The molecule has 7 heteroatoms. The summed E-state index contributed by atoms with van der Waals surface area (Å²) < 4.78 is 22.6. The van der Waals surface area contributed by atoms with Crippen molar-refractivity contribution >= 4 is 31.4 Å². The van der Waals surface area contributed by atoms with Gasteiger partial charge in [-0.1, -0.05) is 0 Å². The number of hydrogen-bond acceptors (Lipinski definition) is 4. The van der Waals surface area contributed by atoms with Gasteiger partial charge in [-0.15, -0.1) is 0 Å². The second kappa shape index (κ2) is 5.07. The van der Waals surface area contributed by atoms with E-state index in [1.165, 1.54) is 32.0 Å². The molecule has 0 heterocycles. The van der Waals surface area contributed by atoms with Gasteiger partial charge in [0, 0.05) is 35.9 Å². The highest BCUT2D eigenvalue weighted by atomic mass is 35.7. The Balaban J connectivity index is 3.50. The van der Waals surface area contributed by atoms with Gasteiger partial charge in [0.25, 0.3) is 15.0 Å². The van der Waals surface area contributed by atoms with Gasteiger partial charge in [-0.3, -0.25) is 9.59 Å². The van der Waals surface area contributed by atoms with E-state index in [2.05, 4.69) is 0 Å². The molecule has 1 aromatic carbocycles. The molecule has 0 unspecified atom stereocenters. The molecule has 0 saturated carbocycles. The molecule has 0 aliphatic heterocycles. The minimum absolute atomic E-state index is 0.104. The first kappa shape index (κ1) is 14.7. The summed E-state index contributed by atoms with van der Waals surface area (Å²) in [6.45, 7) is 1.28. The summed E-state index contributed by atoms with van der Waals surface area (Å²) in [5.41, 5.74) is 0.230. The number of carbonyl (C=O) groups excluding carboxylic acids is 2. The Kier molecular flexibility index (Phi) is 4.13. The van der Waals surface area contributed by atoms with Crippen molar-refractivity contribution in [1.29, 1.82) is 0 Å². The standard InChI is InChI=1S/C11H12ClNO4S/c1-7(14)8-4-9(11(15)13(2)3)6-10(5-8)18(12,16)17/h4-6H,1-3H3.